The third-order valence-electron chi connectivity index (χ3n) is 3.83. The highest BCUT2D eigenvalue weighted by atomic mass is 16.5. The highest BCUT2D eigenvalue weighted by molar-refractivity contribution is 4.83. The van der Waals surface area contributed by atoms with Gasteiger partial charge >= 0.3 is 0 Å². The fourth-order valence-corrected chi connectivity index (χ4v) is 2.51. The molecule has 1 saturated heterocycles. The molecule has 0 bridgehead atoms. The summed E-state index contributed by atoms with van der Waals surface area (Å²) in [5.74, 6) is 2.33. The van der Waals surface area contributed by atoms with Crippen molar-refractivity contribution >= 4 is 0 Å². The van der Waals surface area contributed by atoms with Gasteiger partial charge in [-0.3, -0.25) is 0 Å². The molecular weight excluding hydrogens is 186 g/mol. The average molecular weight is 213 g/mol. The summed E-state index contributed by atoms with van der Waals surface area (Å²) in [6, 6.07) is 0.680. The van der Waals surface area contributed by atoms with E-state index in [0.29, 0.717) is 6.04 Å². The summed E-state index contributed by atoms with van der Waals surface area (Å²) in [4.78, 5) is 0. The highest BCUT2D eigenvalue weighted by Crippen LogP contribution is 2.27. The summed E-state index contributed by atoms with van der Waals surface area (Å²) in [7, 11) is 0. The Labute approximate surface area is 94.8 Å². The summed E-state index contributed by atoms with van der Waals surface area (Å²) in [5, 5.41) is 3.68. The predicted octanol–water partition coefficient (Wildman–Crippen LogP) is 2.68. The zero-order valence-corrected chi connectivity index (χ0v) is 10.8. The monoisotopic (exact) mass is 213 g/mol. The molecule has 0 aromatic heterocycles. The van der Waals surface area contributed by atoms with Gasteiger partial charge in [0.1, 0.15) is 0 Å². The summed E-state index contributed by atoms with van der Waals surface area (Å²) in [5.41, 5.74) is 0. The largest absolute Gasteiger partial charge is 0.381 e. The average Bonchev–Trinajstić information content (AvgIpc) is 2.26. The quantitative estimate of drug-likeness (QED) is 0.758. The minimum absolute atomic E-state index is 0.680. The SMILES string of the molecule is CCNC(C1CCOCC1)C(C)C(C)C. The normalized spacial score (nSPS) is 23.0. The number of rotatable bonds is 5. The standard InChI is InChI=1S/C13H27NO/c1-5-14-13(11(4)10(2)3)12-6-8-15-9-7-12/h10-14H,5-9H2,1-4H3. The molecule has 0 amide bonds. The fourth-order valence-electron chi connectivity index (χ4n) is 2.51. The van der Waals surface area contributed by atoms with Crippen molar-refractivity contribution in [2.45, 2.75) is 46.6 Å². The van der Waals surface area contributed by atoms with Crippen LogP contribution in [0.2, 0.25) is 0 Å². The van der Waals surface area contributed by atoms with Crippen molar-refractivity contribution in [3.8, 4) is 0 Å². The van der Waals surface area contributed by atoms with E-state index < -0.39 is 0 Å². The zero-order chi connectivity index (χ0) is 11.3. The van der Waals surface area contributed by atoms with E-state index >= 15 is 0 Å². The van der Waals surface area contributed by atoms with Crippen molar-refractivity contribution in [1.82, 2.24) is 5.32 Å². The molecule has 1 heterocycles. The minimum atomic E-state index is 0.680. The lowest BCUT2D eigenvalue weighted by molar-refractivity contribution is 0.0420. The van der Waals surface area contributed by atoms with E-state index in [9.17, 15) is 0 Å². The van der Waals surface area contributed by atoms with Crippen molar-refractivity contribution in [1.29, 1.82) is 0 Å². The van der Waals surface area contributed by atoms with Gasteiger partial charge < -0.3 is 10.1 Å². The first-order chi connectivity index (χ1) is 7.16. The summed E-state index contributed by atoms with van der Waals surface area (Å²) < 4.78 is 5.44. The summed E-state index contributed by atoms with van der Waals surface area (Å²) in [6.07, 6.45) is 2.46. The van der Waals surface area contributed by atoms with Gasteiger partial charge in [0.05, 0.1) is 0 Å². The van der Waals surface area contributed by atoms with Gasteiger partial charge in [-0.05, 0) is 37.1 Å². The summed E-state index contributed by atoms with van der Waals surface area (Å²) >= 11 is 0. The van der Waals surface area contributed by atoms with Crippen molar-refractivity contribution < 1.29 is 4.74 Å². The number of nitrogens with one attached hydrogen (secondary N) is 1. The van der Waals surface area contributed by atoms with Crippen molar-refractivity contribution in [2.24, 2.45) is 17.8 Å². The topological polar surface area (TPSA) is 21.3 Å². The van der Waals surface area contributed by atoms with Crippen LogP contribution < -0.4 is 5.32 Å². The predicted molar refractivity (Wildman–Crippen MR) is 65.0 cm³/mol. The molecule has 2 atom stereocenters. The lowest BCUT2D eigenvalue weighted by Gasteiger charge is -2.36. The molecule has 15 heavy (non-hydrogen) atoms. The van der Waals surface area contributed by atoms with Gasteiger partial charge in [-0.25, -0.2) is 0 Å². The third-order valence-corrected chi connectivity index (χ3v) is 3.83. The van der Waals surface area contributed by atoms with Crippen LogP contribution in [-0.4, -0.2) is 25.8 Å². The smallest absolute Gasteiger partial charge is 0.0469 e. The van der Waals surface area contributed by atoms with Crippen molar-refractivity contribution in [2.75, 3.05) is 19.8 Å². The van der Waals surface area contributed by atoms with Crippen LogP contribution in [0.1, 0.15) is 40.5 Å². The second kappa shape index (κ2) is 6.49. The molecule has 0 spiro atoms. The third kappa shape index (κ3) is 3.76. The van der Waals surface area contributed by atoms with Crippen molar-refractivity contribution in [3.63, 3.8) is 0 Å². The molecule has 90 valence electrons. The fraction of sp³-hybridized carbons (Fsp3) is 1.00. The van der Waals surface area contributed by atoms with E-state index in [1.165, 1.54) is 12.8 Å². The molecule has 2 heteroatoms. The Morgan fingerprint density at radius 2 is 1.80 bits per heavy atom. The molecule has 1 N–H and O–H groups in total. The zero-order valence-electron chi connectivity index (χ0n) is 10.8. The Bertz CT molecular complexity index is 164. The van der Waals surface area contributed by atoms with Crippen LogP contribution in [0.5, 0.6) is 0 Å². The second-order valence-electron chi connectivity index (χ2n) is 5.14. The van der Waals surface area contributed by atoms with Gasteiger partial charge in [0, 0.05) is 19.3 Å². The van der Waals surface area contributed by atoms with Crippen LogP contribution in [0, 0.1) is 17.8 Å². The van der Waals surface area contributed by atoms with Crippen LogP contribution in [-0.2, 0) is 4.74 Å². The molecule has 1 rings (SSSR count). The van der Waals surface area contributed by atoms with Gasteiger partial charge in [0.2, 0.25) is 0 Å². The Hall–Kier alpha value is -0.0800. The molecule has 1 aliphatic heterocycles. The Morgan fingerprint density at radius 3 is 2.27 bits per heavy atom. The van der Waals surface area contributed by atoms with Crippen LogP contribution in [0.25, 0.3) is 0 Å². The first kappa shape index (κ1) is 13.0. The molecule has 2 nitrogen and oxygen atoms in total. The van der Waals surface area contributed by atoms with E-state index in [2.05, 4.69) is 33.0 Å². The molecule has 0 aromatic rings. The van der Waals surface area contributed by atoms with Gasteiger partial charge in [-0.15, -0.1) is 0 Å². The van der Waals surface area contributed by atoms with E-state index in [1.54, 1.807) is 0 Å². The molecule has 1 fully saturated rings. The van der Waals surface area contributed by atoms with E-state index in [4.69, 9.17) is 4.74 Å². The van der Waals surface area contributed by atoms with Crippen molar-refractivity contribution in [3.05, 3.63) is 0 Å². The first-order valence-electron chi connectivity index (χ1n) is 6.48. The summed E-state index contributed by atoms with van der Waals surface area (Å²) in [6.45, 7) is 12.2. The lowest BCUT2D eigenvalue weighted by atomic mass is 9.79. The highest BCUT2D eigenvalue weighted by Gasteiger charge is 2.28. The minimum Gasteiger partial charge on any atom is -0.381 e. The molecular formula is C13H27NO. The molecule has 0 aliphatic carbocycles. The first-order valence-corrected chi connectivity index (χ1v) is 6.48. The number of ether oxygens (including phenoxy) is 1. The maximum Gasteiger partial charge on any atom is 0.0469 e. The van der Waals surface area contributed by atoms with Crippen LogP contribution in [0.4, 0.5) is 0 Å². The Kier molecular flexibility index (Phi) is 5.62. The number of hydrogen-bond donors (Lipinski definition) is 1. The lowest BCUT2D eigenvalue weighted by Crippen LogP contribution is -2.45. The van der Waals surface area contributed by atoms with Gasteiger partial charge in [-0.2, -0.15) is 0 Å². The number of hydrogen-bond acceptors (Lipinski definition) is 2. The van der Waals surface area contributed by atoms with E-state index in [0.717, 1.165) is 37.5 Å². The van der Waals surface area contributed by atoms with Gasteiger partial charge in [-0.1, -0.05) is 27.7 Å². The molecule has 0 aromatic carbocycles. The van der Waals surface area contributed by atoms with Gasteiger partial charge in [0.15, 0.2) is 0 Å². The van der Waals surface area contributed by atoms with Crippen LogP contribution in [0.3, 0.4) is 0 Å². The Morgan fingerprint density at radius 1 is 1.20 bits per heavy atom. The molecule has 0 saturated carbocycles. The van der Waals surface area contributed by atoms with E-state index in [-0.39, 0.29) is 0 Å². The maximum absolute atomic E-state index is 5.44. The molecule has 2 unspecified atom stereocenters. The van der Waals surface area contributed by atoms with E-state index in [1.807, 2.05) is 0 Å². The van der Waals surface area contributed by atoms with Crippen LogP contribution >= 0.6 is 0 Å². The molecule has 1 aliphatic rings. The molecule has 0 radical (unpaired) electrons. The Balaban J connectivity index is 2.54. The van der Waals surface area contributed by atoms with Gasteiger partial charge in [0.25, 0.3) is 0 Å². The second-order valence-corrected chi connectivity index (χ2v) is 5.14. The maximum atomic E-state index is 5.44. The van der Waals surface area contributed by atoms with Crippen LogP contribution in [0.15, 0.2) is 0 Å².